The molecule has 0 saturated heterocycles. The molecule has 7 nitrogen and oxygen atoms in total. The molecule has 1 amide bonds. The molecule has 4 heterocycles. The predicted molar refractivity (Wildman–Crippen MR) is 93.1 cm³/mol. The Morgan fingerprint density at radius 3 is 2.76 bits per heavy atom. The summed E-state index contributed by atoms with van der Waals surface area (Å²) in [5, 5.41) is 7.12. The standard InChI is InChI=1S/C18H14N6O/c1-12-21-17-15(8-5-11-24(17)23-12)22-18(25)16-13(6-4-10-20-16)14-7-2-3-9-19-14/h2-11H,1H3,(H,22,25). The molecule has 0 atom stereocenters. The lowest BCUT2D eigenvalue weighted by Crippen LogP contribution is -2.16. The van der Waals surface area contributed by atoms with E-state index in [0.29, 0.717) is 34.1 Å². The Morgan fingerprint density at radius 2 is 1.92 bits per heavy atom. The van der Waals surface area contributed by atoms with E-state index in [-0.39, 0.29) is 5.91 Å². The average molecular weight is 330 g/mol. The van der Waals surface area contributed by atoms with E-state index in [2.05, 4.69) is 25.4 Å². The number of fused-ring (bicyclic) bond motifs is 1. The fourth-order valence-corrected chi connectivity index (χ4v) is 2.61. The lowest BCUT2D eigenvalue weighted by Gasteiger charge is -2.09. The second-order valence-corrected chi connectivity index (χ2v) is 5.42. The van der Waals surface area contributed by atoms with Crippen LogP contribution in [0.5, 0.6) is 0 Å². The van der Waals surface area contributed by atoms with Crippen molar-refractivity contribution in [2.24, 2.45) is 0 Å². The van der Waals surface area contributed by atoms with Crippen LogP contribution < -0.4 is 5.32 Å². The zero-order valence-corrected chi connectivity index (χ0v) is 13.4. The monoisotopic (exact) mass is 330 g/mol. The maximum absolute atomic E-state index is 12.8. The van der Waals surface area contributed by atoms with E-state index in [1.54, 1.807) is 48.2 Å². The van der Waals surface area contributed by atoms with Crippen molar-refractivity contribution in [3.05, 3.63) is 72.6 Å². The molecule has 0 fully saturated rings. The van der Waals surface area contributed by atoms with E-state index < -0.39 is 0 Å². The number of nitrogens with one attached hydrogen (secondary N) is 1. The minimum atomic E-state index is -0.324. The Hall–Kier alpha value is -3.61. The number of aryl methyl sites for hydroxylation is 1. The van der Waals surface area contributed by atoms with Gasteiger partial charge in [0.05, 0.1) is 11.4 Å². The number of carbonyl (C=O) groups excluding carboxylic acids is 1. The van der Waals surface area contributed by atoms with Crippen molar-refractivity contribution >= 4 is 17.2 Å². The van der Waals surface area contributed by atoms with Crippen molar-refractivity contribution in [3.63, 3.8) is 0 Å². The van der Waals surface area contributed by atoms with Crippen molar-refractivity contribution in [1.29, 1.82) is 0 Å². The molecular formula is C18H14N6O. The number of aromatic nitrogens is 5. The van der Waals surface area contributed by atoms with Crippen LogP contribution in [0.1, 0.15) is 16.3 Å². The van der Waals surface area contributed by atoms with Gasteiger partial charge in [-0.25, -0.2) is 9.50 Å². The Bertz CT molecular complexity index is 1060. The largest absolute Gasteiger partial charge is 0.317 e. The highest BCUT2D eigenvalue weighted by molar-refractivity contribution is 6.08. The van der Waals surface area contributed by atoms with Crippen LogP contribution in [0.4, 0.5) is 5.69 Å². The molecule has 7 heteroatoms. The summed E-state index contributed by atoms with van der Waals surface area (Å²) in [5.41, 5.74) is 2.83. The quantitative estimate of drug-likeness (QED) is 0.624. The summed E-state index contributed by atoms with van der Waals surface area (Å²) in [6.45, 7) is 1.80. The van der Waals surface area contributed by atoms with Gasteiger partial charge in [0.1, 0.15) is 11.5 Å². The molecule has 25 heavy (non-hydrogen) atoms. The van der Waals surface area contributed by atoms with E-state index in [1.807, 2.05) is 24.3 Å². The topological polar surface area (TPSA) is 85.1 Å². The molecule has 4 aromatic heterocycles. The number of hydrogen-bond donors (Lipinski definition) is 1. The third-order valence-electron chi connectivity index (χ3n) is 3.68. The summed E-state index contributed by atoms with van der Waals surface area (Å²) < 4.78 is 1.63. The van der Waals surface area contributed by atoms with Crippen molar-refractivity contribution in [3.8, 4) is 11.3 Å². The fourth-order valence-electron chi connectivity index (χ4n) is 2.61. The van der Waals surface area contributed by atoms with Gasteiger partial charge in [0, 0.05) is 24.2 Å². The number of carbonyl (C=O) groups is 1. The molecule has 0 aliphatic rings. The van der Waals surface area contributed by atoms with Gasteiger partial charge in [-0.3, -0.25) is 14.8 Å². The van der Waals surface area contributed by atoms with Crippen LogP contribution in [0.15, 0.2) is 61.1 Å². The van der Waals surface area contributed by atoms with Crippen molar-refractivity contribution < 1.29 is 4.79 Å². The van der Waals surface area contributed by atoms with Crippen LogP contribution in [0.25, 0.3) is 16.9 Å². The number of anilines is 1. The Labute approximate surface area is 143 Å². The first kappa shape index (κ1) is 14.9. The normalized spacial score (nSPS) is 10.8. The second kappa shape index (κ2) is 6.12. The summed E-state index contributed by atoms with van der Waals surface area (Å²) in [6.07, 6.45) is 5.05. The van der Waals surface area contributed by atoms with Crippen molar-refractivity contribution in [1.82, 2.24) is 24.6 Å². The van der Waals surface area contributed by atoms with E-state index in [4.69, 9.17) is 0 Å². The van der Waals surface area contributed by atoms with E-state index in [0.717, 1.165) is 0 Å². The maximum Gasteiger partial charge on any atom is 0.275 e. The van der Waals surface area contributed by atoms with Gasteiger partial charge in [0.25, 0.3) is 5.91 Å². The second-order valence-electron chi connectivity index (χ2n) is 5.42. The summed E-state index contributed by atoms with van der Waals surface area (Å²) in [5.74, 6) is 0.309. The fraction of sp³-hybridized carbons (Fsp3) is 0.0556. The van der Waals surface area contributed by atoms with Crippen LogP contribution in [-0.4, -0.2) is 30.5 Å². The molecule has 0 unspecified atom stereocenters. The van der Waals surface area contributed by atoms with E-state index >= 15 is 0 Å². The van der Waals surface area contributed by atoms with Gasteiger partial charge < -0.3 is 5.32 Å². The zero-order chi connectivity index (χ0) is 17.2. The molecule has 0 spiro atoms. The highest BCUT2D eigenvalue weighted by Crippen LogP contribution is 2.22. The minimum absolute atomic E-state index is 0.305. The van der Waals surface area contributed by atoms with Crippen LogP contribution in [0.3, 0.4) is 0 Å². The number of pyridine rings is 3. The van der Waals surface area contributed by atoms with E-state index in [1.165, 1.54) is 0 Å². The van der Waals surface area contributed by atoms with Gasteiger partial charge in [0.15, 0.2) is 5.65 Å². The first-order valence-corrected chi connectivity index (χ1v) is 7.72. The van der Waals surface area contributed by atoms with Crippen LogP contribution in [-0.2, 0) is 0 Å². The third kappa shape index (κ3) is 2.83. The van der Waals surface area contributed by atoms with Crippen molar-refractivity contribution in [2.45, 2.75) is 6.92 Å². The van der Waals surface area contributed by atoms with Crippen LogP contribution >= 0.6 is 0 Å². The molecule has 0 bridgehead atoms. The molecule has 122 valence electrons. The van der Waals surface area contributed by atoms with Gasteiger partial charge >= 0.3 is 0 Å². The molecule has 1 N–H and O–H groups in total. The average Bonchev–Trinajstić information content (AvgIpc) is 3.04. The summed E-state index contributed by atoms with van der Waals surface area (Å²) >= 11 is 0. The van der Waals surface area contributed by atoms with E-state index in [9.17, 15) is 4.79 Å². The molecule has 4 rings (SSSR count). The Kier molecular flexibility index (Phi) is 3.66. The molecule has 0 aliphatic carbocycles. The lowest BCUT2D eigenvalue weighted by molar-refractivity contribution is 0.102. The van der Waals surface area contributed by atoms with Crippen LogP contribution in [0.2, 0.25) is 0 Å². The summed E-state index contributed by atoms with van der Waals surface area (Å²) in [6, 6.07) is 12.7. The first-order chi connectivity index (χ1) is 12.2. The van der Waals surface area contributed by atoms with Gasteiger partial charge in [-0.1, -0.05) is 6.07 Å². The third-order valence-corrected chi connectivity index (χ3v) is 3.68. The smallest absolute Gasteiger partial charge is 0.275 e. The SMILES string of the molecule is Cc1nc2c(NC(=O)c3ncccc3-c3ccccn3)cccn2n1. The number of nitrogens with zero attached hydrogens (tertiary/aromatic N) is 5. The maximum atomic E-state index is 12.8. The van der Waals surface area contributed by atoms with Crippen LogP contribution in [0, 0.1) is 6.92 Å². The highest BCUT2D eigenvalue weighted by atomic mass is 16.1. The number of rotatable bonds is 3. The molecule has 0 aliphatic heterocycles. The molecule has 0 aromatic carbocycles. The first-order valence-electron chi connectivity index (χ1n) is 7.72. The Morgan fingerprint density at radius 1 is 1.04 bits per heavy atom. The van der Waals surface area contributed by atoms with Gasteiger partial charge in [-0.2, -0.15) is 5.10 Å². The number of amides is 1. The molecule has 0 saturated carbocycles. The van der Waals surface area contributed by atoms with Gasteiger partial charge in [-0.15, -0.1) is 0 Å². The number of hydrogen-bond acceptors (Lipinski definition) is 5. The van der Waals surface area contributed by atoms with Crippen molar-refractivity contribution in [2.75, 3.05) is 5.32 Å². The summed E-state index contributed by atoms with van der Waals surface area (Å²) in [4.78, 5) is 25.7. The van der Waals surface area contributed by atoms with Gasteiger partial charge in [0.2, 0.25) is 0 Å². The predicted octanol–water partition coefficient (Wildman–Crippen LogP) is 2.75. The van der Waals surface area contributed by atoms with Gasteiger partial charge in [-0.05, 0) is 43.3 Å². The minimum Gasteiger partial charge on any atom is -0.317 e. The Balaban J connectivity index is 1.72. The lowest BCUT2D eigenvalue weighted by atomic mass is 10.1. The zero-order valence-electron chi connectivity index (χ0n) is 13.4. The summed E-state index contributed by atoms with van der Waals surface area (Å²) in [7, 11) is 0. The molecular weight excluding hydrogens is 316 g/mol. The highest BCUT2D eigenvalue weighted by Gasteiger charge is 2.16. The molecule has 0 radical (unpaired) electrons. The molecule has 4 aromatic rings.